The van der Waals surface area contributed by atoms with Gasteiger partial charge in [0.2, 0.25) is 0 Å². The van der Waals surface area contributed by atoms with Crippen LogP contribution in [-0.2, 0) is 0 Å². The topological polar surface area (TPSA) is 38.0 Å². The summed E-state index contributed by atoms with van der Waals surface area (Å²) in [7, 11) is 0. The van der Waals surface area contributed by atoms with E-state index in [9.17, 15) is 0 Å². The van der Waals surface area contributed by atoms with Gasteiger partial charge >= 0.3 is 0 Å². The highest BCUT2D eigenvalue weighted by atomic mass is 14.9. The minimum atomic E-state index is 0.618. The molecule has 0 saturated heterocycles. The van der Waals surface area contributed by atoms with Crippen molar-refractivity contribution in [2.45, 2.75) is 59.9 Å². The highest BCUT2D eigenvalue weighted by Crippen LogP contribution is 2.10. The molecule has 0 aromatic heterocycles. The molecule has 0 saturated carbocycles. The Balaban J connectivity index is 3.59. The molecule has 0 aliphatic heterocycles. The lowest BCUT2D eigenvalue weighted by atomic mass is 9.95. The van der Waals surface area contributed by atoms with Gasteiger partial charge in [-0.1, -0.05) is 40.5 Å². The Morgan fingerprint density at radius 1 is 1.00 bits per heavy atom. The molecule has 0 heterocycles. The van der Waals surface area contributed by atoms with Crippen LogP contribution in [0.15, 0.2) is 0 Å². The summed E-state index contributed by atoms with van der Waals surface area (Å²) in [5, 5.41) is 3.61. The largest absolute Gasteiger partial charge is 0.330 e. The first-order chi connectivity index (χ1) is 7.47. The maximum atomic E-state index is 5.76. The molecule has 2 atom stereocenters. The number of hydrogen-bond acceptors (Lipinski definition) is 2. The summed E-state index contributed by atoms with van der Waals surface area (Å²) in [6, 6.07) is 0.631. The van der Waals surface area contributed by atoms with Crippen molar-refractivity contribution in [2.75, 3.05) is 13.1 Å². The van der Waals surface area contributed by atoms with Crippen LogP contribution in [0.4, 0.5) is 0 Å². The zero-order chi connectivity index (χ0) is 12.6. The lowest BCUT2D eigenvalue weighted by molar-refractivity contribution is 0.345. The van der Waals surface area contributed by atoms with Crippen molar-refractivity contribution in [3.8, 4) is 0 Å². The van der Waals surface area contributed by atoms with E-state index in [1.807, 2.05) is 0 Å². The van der Waals surface area contributed by atoms with Gasteiger partial charge in [0.25, 0.3) is 0 Å². The van der Waals surface area contributed by atoms with Gasteiger partial charge in [-0.2, -0.15) is 0 Å². The Morgan fingerprint density at radius 3 is 2.06 bits per heavy atom. The Hall–Kier alpha value is -0.0800. The van der Waals surface area contributed by atoms with E-state index in [0.717, 1.165) is 19.0 Å². The summed E-state index contributed by atoms with van der Waals surface area (Å²) in [4.78, 5) is 0. The third kappa shape index (κ3) is 8.12. The molecule has 2 heteroatoms. The predicted octanol–water partition coefficient (Wildman–Crippen LogP) is 3.02. The van der Waals surface area contributed by atoms with E-state index < -0.39 is 0 Å². The summed E-state index contributed by atoms with van der Waals surface area (Å²) in [6.07, 6.45) is 3.96. The van der Waals surface area contributed by atoms with Crippen molar-refractivity contribution in [1.29, 1.82) is 0 Å². The first-order valence-electron chi connectivity index (χ1n) is 6.90. The Bertz CT molecular complexity index is 155. The molecule has 98 valence electrons. The smallest absolute Gasteiger partial charge is 0.00388 e. The third-order valence-electron chi connectivity index (χ3n) is 3.39. The molecule has 0 rings (SSSR count). The quantitative estimate of drug-likeness (QED) is 0.636. The molecule has 0 aromatic rings. The average Bonchev–Trinajstić information content (AvgIpc) is 2.17. The van der Waals surface area contributed by atoms with Crippen LogP contribution in [0.1, 0.15) is 53.9 Å². The van der Waals surface area contributed by atoms with Crippen LogP contribution in [0, 0.1) is 17.8 Å². The predicted molar refractivity (Wildman–Crippen MR) is 73.5 cm³/mol. The second kappa shape index (κ2) is 9.00. The van der Waals surface area contributed by atoms with Crippen LogP contribution in [0.5, 0.6) is 0 Å². The van der Waals surface area contributed by atoms with Crippen molar-refractivity contribution in [1.82, 2.24) is 5.32 Å². The minimum Gasteiger partial charge on any atom is -0.330 e. The minimum absolute atomic E-state index is 0.618. The first-order valence-corrected chi connectivity index (χ1v) is 6.90. The lowest BCUT2D eigenvalue weighted by Gasteiger charge is -2.22. The fourth-order valence-electron chi connectivity index (χ4n) is 1.88. The standard InChI is InChI=1S/C14H32N2/c1-11(2)7-6-8-13(5)16-10-14(9-15)12(3)4/h11-14,16H,6-10,15H2,1-5H3. The van der Waals surface area contributed by atoms with Gasteiger partial charge in [-0.3, -0.25) is 0 Å². The fraction of sp³-hybridized carbons (Fsp3) is 1.00. The SMILES string of the molecule is CC(C)CCCC(C)NCC(CN)C(C)C. The van der Waals surface area contributed by atoms with Crippen molar-refractivity contribution in [3.05, 3.63) is 0 Å². The van der Waals surface area contributed by atoms with Gasteiger partial charge in [0.15, 0.2) is 0 Å². The molecular formula is C14H32N2. The van der Waals surface area contributed by atoms with E-state index in [1.165, 1.54) is 19.3 Å². The van der Waals surface area contributed by atoms with E-state index in [1.54, 1.807) is 0 Å². The normalized spacial score (nSPS) is 15.8. The van der Waals surface area contributed by atoms with E-state index in [4.69, 9.17) is 5.73 Å². The lowest BCUT2D eigenvalue weighted by Crippen LogP contribution is -2.36. The molecular weight excluding hydrogens is 196 g/mol. The molecule has 2 unspecified atom stereocenters. The second-order valence-electron chi connectivity index (χ2n) is 5.87. The molecule has 0 spiro atoms. The zero-order valence-electron chi connectivity index (χ0n) is 11.9. The van der Waals surface area contributed by atoms with Crippen LogP contribution in [0.2, 0.25) is 0 Å². The number of hydrogen-bond donors (Lipinski definition) is 2. The second-order valence-corrected chi connectivity index (χ2v) is 5.87. The van der Waals surface area contributed by atoms with Crippen molar-refractivity contribution in [2.24, 2.45) is 23.5 Å². The van der Waals surface area contributed by atoms with Crippen molar-refractivity contribution < 1.29 is 0 Å². The van der Waals surface area contributed by atoms with Gasteiger partial charge < -0.3 is 11.1 Å². The van der Waals surface area contributed by atoms with Crippen LogP contribution >= 0.6 is 0 Å². The monoisotopic (exact) mass is 228 g/mol. The molecule has 0 aliphatic carbocycles. The molecule has 0 radical (unpaired) electrons. The molecule has 0 fully saturated rings. The van der Waals surface area contributed by atoms with E-state index in [-0.39, 0.29) is 0 Å². The number of rotatable bonds is 9. The third-order valence-corrected chi connectivity index (χ3v) is 3.39. The molecule has 0 aromatic carbocycles. The zero-order valence-corrected chi connectivity index (χ0v) is 11.9. The number of nitrogens with one attached hydrogen (secondary N) is 1. The molecule has 0 amide bonds. The van der Waals surface area contributed by atoms with E-state index >= 15 is 0 Å². The molecule has 0 aliphatic rings. The highest BCUT2D eigenvalue weighted by Gasteiger charge is 2.12. The summed E-state index contributed by atoms with van der Waals surface area (Å²) >= 11 is 0. The Morgan fingerprint density at radius 2 is 1.62 bits per heavy atom. The van der Waals surface area contributed by atoms with Crippen LogP contribution in [-0.4, -0.2) is 19.1 Å². The molecule has 3 N–H and O–H groups in total. The van der Waals surface area contributed by atoms with Crippen LogP contribution < -0.4 is 11.1 Å². The van der Waals surface area contributed by atoms with Gasteiger partial charge in [-0.05, 0) is 44.2 Å². The summed E-state index contributed by atoms with van der Waals surface area (Å²) in [5.74, 6) is 2.13. The first kappa shape index (κ1) is 15.9. The van der Waals surface area contributed by atoms with Gasteiger partial charge in [0.05, 0.1) is 0 Å². The molecule has 2 nitrogen and oxygen atoms in total. The fourth-order valence-corrected chi connectivity index (χ4v) is 1.88. The summed E-state index contributed by atoms with van der Waals surface area (Å²) in [5.41, 5.74) is 5.76. The number of nitrogens with two attached hydrogens (primary N) is 1. The summed E-state index contributed by atoms with van der Waals surface area (Å²) in [6.45, 7) is 13.2. The Kier molecular flexibility index (Phi) is 8.96. The van der Waals surface area contributed by atoms with E-state index in [0.29, 0.717) is 17.9 Å². The average molecular weight is 228 g/mol. The van der Waals surface area contributed by atoms with Gasteiger partial charge in [0, 0.05) is 6.04 Å². The van der Waals surface area contributed by atoms with Gasteiger partial charge in [0.1, 0.15) is 0 Å². The Labute approximate surface area is 102 Å². The van der Waals surface area contributed by atoms with Crippen LogP contribution in [0.3, 0.4) is 0 Å². The molecule has 0 bridgehead atoms. The van der Waals surface area contributed by atoms with Gasteiger partial charge in [-0.15, -0.1) is 0 Å². The van der Waals surface area contributed by atoms with Crippen molar-refractivity contribution >= 4 is 0 Å². The van der Waals surface area contributed by atoms with Gasteiger partial charge in [-0.25, -0.2) is 0 Å². The maximum Gasteiger partial charge on any atom is 0.00388 e. The highest BCUT2D eigenvalue weighted by molar-refractivity contribution is 4.70. The van der Waals surface area contributed by atoms with Crippen LogP contribution in [0.25, 0.3) is 0 Å². The summed E-state index contributed by atoms with van der Waals surface area (Å²) < 4.78 is 0. The molecule has 16 heavy (non-hydrogen) atoms. The van der Waals surface area contributed by atoms with Crippen molar-refractivity contribution in [3.63, 3.8) is 0 Å². The maximum absolute atomic E-state index is 5.76. The van der Waals surface area contributed by atoms with E-state index in [2.05, 4.69) is 39.9 Å².